The molecule has 2 aromatic rings. The van der Waals surface area contributed by atoms with Crippen molar-refractivity contribution in [1.29, 1.82) is 0 Å². The van der Waals surface area contributed by atoms with Gasteiger partial charge in [0.05, 0.1) is 6.10 Å². The first kappa shape index (κ1) is 21.9. The van der Waals surface area contributed by atoms with Crippen LogP contribution in [-0.4, -0.2) is 44.3 Å². The van der Waals surface area contributed by atoms with E-state index in [0.29, 0.717) is 11.4 Å². The predicted octanol–water partition coefficient (Wildman–Crippen LogP) is 2.53. The number of sulfonamides is 1. The molecule has 2 N–H and O–H groups in total. The number of hydrogen-bond donors (Lipinski definition) is 2. The van der Waals surface area contributed by atoms with Gasteiger partial charge in [0.25, 0.3) is 0 Å². The first-order chi connectivity index (χ1) is 14.3. The van der Waals surface area contributed by atoms with Gasteiger partial charge in [-0.15, -0.1) is 0 Å². The minimum absolute atomic E-state index is 0.0306. The van der Waals surface area contributed by atoms with E-state index >= 15 is 0 Å². The molecule has 2 heterocycles. The Labute approximate surface area is 177 Å². The summed E-state index contributed by atoms with van der Waals surface area (Å²) in [4.78, 5) is 18.7. The minimum atomic E-state index is -3.82. The first-order valence-corrected chi connectivity index (χ1v) is 11.7. The van der Waals surface area contributed by atoms with Gasteiger partial charge in [0.15, 0.2) is 0 Å². The van der Waals surface area contributed by atoms with Crippen LogP contribution in [0.2, 0.25) is 0 Å². The zero-order chi connectivity index (χ0) is 21.6. The quantitative estimate of drug-likeness (QED) is 0.632. The zero-order valence-corrected chi connectivity index (χ0v) is 18.1. The highest BCUT2D eigenvalue weighted by atomic mass is 32.2. The lowest BCUT2D eigenvalue weighted by Gasteiger charge is -2.17. The summed E-state index contributed by atoms with van der Waals surface area (Å²) in [6.45, 7) is 6.04. The van der Waals surface area contributed by atoms with Crippen LogP contribution in [-0.2, 0) is 21.4 Å². The average molecular weight is 433 g/mol. The van der Waals surface area contributed by atoms with E-state index in [9.17, 15) is 13.2 Å². The van der Waals surface area contributed by atoms with Crippen molar-refractivity contribution in [3.05, 3.63) is 48.2 Å². The van der Waals surface area contributed by atoms with Gasteiger partial charge in [0, 0.05) is 31.5 Å². The molecule has 8 nitrogen and oxygen atoms in total. The summed E-state index contributed by atoms with van der Waals surface area (Å²) in [6, 6.07) is 10.3. The second-order valence-corrected chi connectivity index (χ2v) is 9.27. The van der Waals surface area contributed by atoms with Gasteiger partial charge in [-0.25, -0.2) is 13.4 Å². The van der Waals surface area contributed by atoms with Crippen molar-refractivity contribution >= 4 is 27.4 Å². The number of carbonyl (C=O) groups is 1. The number of benzene rings is 1. The highest BCUT2D eigenvalue weighted by Crippen LogP contribution is 2.19. The molecule has 3 rings (SSSR count). The molecule has 1 aromatic heterocycles. The number of anilines is 2. The Morgan fingerprint density at radius 1 is 1.17 bits per heavy atom. The van der Waals surface area contributed by atoms with Crippen molar-refractivity contribution in [2.24, 2.45) is 0 Å². The fraction of sp³-hybridized carbons (Fsp3) is 0.429. The van der Waals surface area contributed by atoms with Crippen LogP contribution in [0.15, 0.2) is 42.6 Å². The molecule has 0 bridgehead atoms. The third-order valence-corrected chi connectivity index (χ3v) is 5.74. The topological polar surface area (TPSA) is 101 Å². The zero-order valence-electron chi connectivity index (χ0n) is 17.3. The van der Waals surface area contributed by atoms with Crippen molar-refractivity contribution < 1.29 is 17.9 Å². The monoisotopic (exact) mass is 432 g/mol. The van der Waals surface area contributed by atoms with Crippen LogP contribution in [0.5, 0.6) is 5.75 Å². The number of nitrogens with one attached hydrogen (secondary N) is 2. The average Bonchev–Trinajstić information content (AvgIpc) is 3.22. The number of aromatic nitrogens is 1. The molecule has 162 valence electrons. The Morgan fingerprint density at radius 2 is 1.87 bits per heavy atom. The molecule has 9 heteroatoms. The molecule has 0 spiro atoms. The third-order valence-electron chi connectivity index (χ3n) is 4.55. The summed E-state index contributed by atoms with van der Waals surface area (Å²) in [5, 5.41) is 2.66. The lowest BCUT2D eigenvalue weighted by Crippen LogP contribution is -2.32. The molecular weight excluding hydrogens is 404 g/mol. The summed E-state index contributed by atoms with van der Waals surface area (Å²) in [5.41, 5.74) is 1.26. The van der Waals surface area contributed by atoms with E-state index in [1.165, 1.54) is 0 Å². The first-order valence-electron chi connectivity index (χ1n) is 10.0. The molecule has 0 radical (unpaired) electrons. The molecule has 1 fully saturated rings. The van der Waals surface area contributed by atoms with E-state index in [1.54, 1.807) is 30.5 Å². The largest absolute Gasteiger partial charge is 0.491 e. The van der Waals surface area contributed by atoms with Crippen LogP contribution in [0.1, 0.15) is 32.3 Å². The lowest BCUT2D eigenvalue weighted by molar-refractivity contribution is -0.118. The third kappa shape index (κ3) is 6.62. The van der Waals surface area contributed by atoms with Crippen LogP contribution in [0, 0.1) is 0 Å². The fourth-order valence-corrected chi connectivity index (χ4v) is 4.22. The van der Waals surface area contributed by atoms with Gasteiger partial charge in [-0.05, 0) is 68.7 Å². The highest BCUT2D eigenvalue weighted by Gasteiger charge is 2.17. The SMILES string of the molecule is CC(C)Oc1ccc(NS(=O)(=O)CC(=O)NCc2ccnc(N3CCCC3)c2)cc1. The number of ether oxygens (including phenoxy) is 1. The van der Waals surface area contributed by atoms with E-state index in [2.05, 4.69) is 19.9 Å². The maximum absolute atomic E-state index is 12.3. The van der Waals surface area contributed by atoms with Crippen LogP contribution in [0.25, 0.3) is 0 Å². The Morgan fingerprint density at radius 3 is 2.53 bits per heavy atom. The standard InChI is InChI=1S/C21H28N4O4S/c1-16(2)29-19-7-5-18(6-8-19)24-30(27,28)15-21(26)23-14-17-9-10-22-20(13-17)25-11-3-4-12-25/h5-10,13,16,24H,3-4,11-12,14-15H2,1-2H3,(H,23,26). The number of amides is 1. The summed E-state index contributed by atoms with van der Waals surface area (Å²) < 4.78 is 32.5. The van der Waals surface area contributed by atoms with Crippen molar-refractivity contribution in [3.8, 4) is 5.75 Å². The maximum atomic E-state index is 12.3. The smallest absolute Gasteiger partial charge is 0.241 e. The molecular formula is C21H28N4O4S. The van der Waals surface area contributed by atoms with Crippen molar-refractivity contribution in [2.75, 3.05) is 28.5 Å². The van der Waals surface area contributed by atoms with Gasteiger partial charge in [0.2, 0.25) is 15.9 Å². The van der Waals surface area contributed by atoms with Crippen molar-refractivity contribution in [3.63, 3.8) is 0 Å². The van der Waals surface area contributed by atoms with E-state index in [1.807, 2.05) is 26.0 Å². The number of nitrogens with zero attached hydrogens (tertiary/aromatic N) is 2. The van der Waals surface area contributed by atoms with Crippen molar-refractivity contribution in [1.82, 2.24) is 10.3 Å². The van der Waals surface area contributed by atoms with Crippen LogP contribution < -0.4 is 19.7 Å². The van der Waals surface area contributed by atoms with Gasteiger partial charge in [0.1, 0.15) is 17.3 Å². The van der Waals surface area contributed by atoms with Crippen LogP contribution in [0.3, 0.4) is 0 Å². The normalized spacial score (nSPS) is 14.0. The van der Waals surface area contributed by atoms with E-state index in [4.69, 9.17) is 4.74 Å². The molecule has 0 atom stereocenters. The molecule has 1 aliphatic heterocycles. The number of carbonyl (C=O) groups excluding carboxylic acids is 1. The van der Waals surface area contributed by atoms with Gasteiger partial charge in [-0.3, -0.25) is 9.52 Å². The summed E-state index contributed by atoms with van der Waals surface area (Å²) in [5.74, 6) is 0.318. The second kappa shape index (κ2) is 9.80. The molecule has 30 heavy (non-hydrogen) atoms. The Balaban J connectivity index is 1.50. The van der Waals surface area contributed by atoms with E-state index < -0.39 is 21.7 Å². The number of pyridine rings is 1. The maximum Gasteiger partial charge on any atom is 0.241 e. The highest BCUT2D eigenvalue weighted by molar-refractivity contribution is 7.93. The number of rotatable bonds is 9. The molecule has 1 saturated heterocycles. The van der Waals surface area contributed by atoms with Gasteiger partial charge in [-0.2, -0.15) is 0 Å². The fourth-order valence-electron chi connectivity index (χ4n) is 3.20. The second-order valence-electron chi connectivity index (χ2n) is 7.55. The predicted molar refractivity (Wildman–Crippen MR) is 117 cm³/mol. The summed E-state index contributed by atoms with van der Waals surface area (Å²) >= 11 is 0. The van der Waals surface area contributed by atoms with E-state index in [-0.39, 0.29) is 12.6 Å². The molecule has 0 aliphatic carbocycles. The van der Waals surface area contributed by atoms with Crippen LogP contribution in [0.4, 0.5) is 11.5 Å². The minimum Gasteiger partial charge on any atom is -0.491 e. The summed E-state index contributed by atoms with van der Waals surface area (Å²) in [7, 11) is -3.82. The number of hydrogen-bond acceptors (Lipinski definition) is 6. The Bertz CT molecular complexity index is 955. The molecule has 0 unspecified atom stereocenters. The van der Waals surface area contributed by atoms with E-state index in [0.717, 1.165) is 37.3 Å². The van der Waals surface area contributed by atoms with Gasteiger partial charge >= 0.3 is 0 Å². The molecule has 0 saturated carbocycles. The molecule has 1 aromatic carbocycles. The Kier molecular flexibility index (Phi) is 7.15. The Hall–Kier alpha value is -2.81. The summed E-state index contributed by atoms with van der Waals surface area (Å²) in [6.07, 6.45) is 4.05. The lowest BCUT2D eigenvalue weighted by atomic mass is 10.2. The van der Waals surface area contributed by atoms with Crippen LogP contribution >= 0.6 is 0 Å². The van der Waals surface area contributed by atoms with Gasteiger partial charge < -0.3 is 15.0 Å². The molecule has 1 aliphatic rings. The van der Waals surface area contributed by atoms with Crippen molar-refractivity contribution in [2.45, 2.75) is 39.3 Å². The van der Waals surface area contributed by atoms with Gasteiger partial charge in [-0.1, -0.05) is 0 Å². The molecule has 1 amide bonds.